The first-order valence-corrected chi connectivity index (χ1v) is 7.61. The van der Waals surface area contributed by atoms with Gasteiger partial charge in [0.2, 0.25) is 0 Å². The summed E-state index contributed by atoms with van der Waals surface area (Å²) in [5.74, 6) is -2.77. The van der Waals surface area contributed by atoms with Crippen molar-refractivity contribution in [2.24, 2.45) is 23.2 Å². The number of ether oxygens (including phenoxy) is 2. The zero-order chi connectivity index (χ0) is 15.2. The van der Waals surface area contributed by atoms with Crippen LogP contribution >= 0.6 is 0 Å². The van der Waals surface area contributed by atoms with E-state index in [-0.39, 0.29) is 24.0 Å². The third kappa shape index (κ3) is 2.92. The van der Waals surface area contributed by atoms with E-state index in [0.717, 1.165) is 19.4 Å². The number of carboxylic acids is 2. The van der Waals surface area contributed by atoms with E-state index in [1.807, 2.05) is 0 Å². The Morgan fingerprint density at radius 3 is 2.19 bits per heavy atom. The number of carboxylic acid groups (broad SMARTS) is 2. The maximum absolute atomic E-state index is 11.8. The molecule has 0 aromatic rings. The predicted octanol–water partition coefficient (Wildman–Crippen LogP) is 1.38. The van der Waals surface area contributed by atoms with E-state index in [0.29, 0.717) is 19.4 Å². The molecule has 6 atom stereocenters. The van der Waals surface area contributed by atoms with Crippen LogP contribution in [0.4, 0.5) is 0 Å². The monoisotopic (exact) mass is 298 g/mol. The second-order valence-corrected chi connectivity index (χ2v) is 6.88. The van der Waals surface area contributed by atoms with Gasteiger partial charge in [0.05, 0.1) is 36.8 Å². The van der Waals surface area contributed by atoms with Crippen LogP contribution in [0.1, 0.15) is 32.6 Å². The Labute approximate surface area is 123 Å². The molecule has 1 saturated carbocycles. The van der Waals surface area contributed by atoms with Crippen molar-refractivity contribution in [1.82, 2.24) is 0 Å². The molecule has 0 aromatic heterocycles. The molecule has 0 spiro atoms. The Kier molecular flexibility index (Phi) is 3.69. The number of aliphatic carboxylic acids is 2. The molecule has 6 unspecified atom stereocenters. The molecule has 3 fully saturated rings. The van der Waals surface area contributed by atoms with Crippen molar-refractivity contribution >= 4 is 11.9 Å². The first-order valence-electron chi connectivity index (χ1n) is 7.61. The van der Waals surface area contributed by atoms with Crippen LogP contribution < -0.4 is 0 Å². The van der Waals surface area contributed by atoms with Crippen LogP contribution in [0.25, 0.3) is 0 Å². The predicted molar refractivity (Wildman–Crippen MR) is 71.8 cm³/mol. The van der Waals surface area contributed by atoms with Crippen LogP contribution in [0.15, 0.2) is 0 Å². The number of rotatable bonds is 6. The van der Waals surface area contributed by atoms with Gasteiger partial charge in [-0.25, -0.2) is 0 Å². The summed E-state index contributed by atoms with van der Waals surface area (Å²) in [6.45, 7) is 3.00. The summed E-state index contributed by atoms with van der Waals surface area (Å²) in [5, 5.41) is 19.2. The molecule has 2 aliphatic heterocycles. The van der Waals surface area contributed by atoms with Crippen molar-refractivity contribution < 1.29 is 29.3 Å². The van der Waals surface area contributed by atoms with Gasteiger partial charge in [-0.2, -0.15) is 0 Å². The average molecular weight is 298 g/mol. The molecule has 6 nitrogen and oxygen atoms in total. The second-order valence-electron chi connectivity index (χ2n) is 6.88. The van der Waals surface area contributed by atoms with Gasteiger partial charge in [0, 0.05) is 0 Å². The molecule has 3 aliphatic rings. The van der Waals surface area contributed by atoms with Gasteiger partial charge >= 0.3 is 11.9 Å². The van der Waals surface area contributed by atoms with E-state index in [4.69, 9.17) is 9.47 Å². The van der Waals surface area contributed by atoms with Crippen LogP contribution in [0, 0.1) is 23.2 Å². The number of carbonyl (C=O) groups is 2. The minimum absolute atomic E-state index is 0.107. The van der Waals surface area contributed by atoms with Crippen molar-refractivity contribution in [1.29, 1.82) is 0 Å². The first kappa shape index (κ1) is 14.8. The largest absolute Gasteiger partial charge is 0.481 e. The number of hydrogen-bond donors (Lipinski definition) is 2. The van der Waals surface area contributed by atoms with Crippen LogP contribution in [0.5, 0.6) is 0 Å². The Morgan fingerprint density at radius 2 is 1.71 bits per heavy atom. The highest BCUT2D eigenvalue weighted by Crippen LogP contribution is 2.51. The minimum atomic E-state index is -1.19. The third-order valence-electron chi connectivity index (χ3n) is 5.41. The van der Waals surface area contributed by atoms with Gasteiger partial charge in [0.15, 0.2) is 0 Å². The van der Waals surface area contributed by atoms with Gasteiger partial charge in [0.25, 0.3) is 0 Å². The van der Waals surface area contributed by atoms with Crippen molar-refractivity contribution in [3.63, 3.8) is 0 Å². The van der Waals surface area contributed by atoms with Crippen LogP contribution in [-0.2, 0) is 19.1 Å². The lowest BCUT2D eigenvalue weighted by molar-refractivity contribution is -0.171. The van der Waals surface area contributed by atoms with Gasteiger partial charge in [-0.1, -0.05) is 0 Å². The summed E-state index contributed by atoms with van der Waals surface area (Å²) < 4.78 is 10.5. The highest BCUT2D eigenvalue weighted by molar-refractivity contribution is 5.83. The Hall–Kier alpha value is -1.14. The summed E-state index contributed by atoms with van der Waals surface area (Å²) >= 11 is 0. The summed E-state index contributed by atoms with van der Waals surface area (Å²) in [6.07, 6.45) is 3.01. The van der Waals surface area contributed by atoms with Crippen molar-refractivity contribution in [2.75, 3.05) is 13.2 Å². The zero-order valence-corrected chi connectivity index (χ0v) is 12.2. The lowest BCUT2D eigenvalue weighted by Gasteiger charge is -2.45. The molecule has 0 amide bonds. The van der Waals surface area contributed by atoms with Crippen LogP contribution in [-0.4, -0.2) is 47.6 Å². The second kappa shape index (κ2) is 5.25. The molecule has 118 valence electrons. The normalized spacial score (nSPS) is 45.1. The molecule has 0 bridgehead atoms. The van der Waals surface area contributed by atoms with Crippen LogP contribution in [0.2, 0.25) is 0 Å². The van der Waals surface area contributed by atoms with Gasteiger partial charge in [-0.3, -0.25) is 9.59 Å². The highest BCUT2D eigenvalue weighted by Gasteiger charge is 2.56. The van der Waals surface area contributed by atoms with E-state index < -0.39 is 23.3 Å². The van der Waals surface area contributed by atoms with Gasteiger partial charge in [0.1, 0.15) is 0 Å². The van der Waals surface area contributed by atoms with E-state index in [9.17, 15) is 19.8 Å². The molecule has 21 heavy (non-hydrogen) atoms. The van der Waals surface area contributed by atoms with Crippen LogP contribution in [0.3, 0.4) is 0 Å². The smallest absolute Gasteiger partial charge is 0.310 e. The van der Waals surface area contributed by atoms with E-state index in [1.165, 1.54) is 0 Å². The highest BCUT2D eigenvalue weighted by atomic mass is 16.6. The molecule has 2 saturated heterocycles. The van der Waals surface area contributed by atoms with Crippen molar-refractivity contribution in [2.45, 2.75) is 44.8 Å². The molecule has 2 heterocycles. The minimum Gasteiger partial charge on any atom is -0.481 e. The quantitative estimate of drug-likeness (QED) is 0.719. The van der Waals surface area contributed by atoms with Crippen molar-refractivity contribution in [3.05, 3.63) is 0 Å². The maximum atomic E-state index is 11.8. The molecule has 3 rings (SSSR count). The maximum Gasteiger partial charge on any atom is 0.310 e. The molecular weight excluding hydrogens is 276 g/mol. The van der Waals surface area contributed by atoms with E-state index in [1.54, 1.807) is 6.92 Å². The lowest BCUT2D eigenvalue weighted by Crippen LogP contribution is -2.50. The summed E-state index contributed by atoms with van der Waals surface area (Å²) in [4.78, 5) is 23.5. The van der Waals surface area contributed by atoms with Gasteiger partial charge < -0.3 is 19.7 Å². The lowest BCUT2D eigenvalue weighted by atomic mass is 9.57. The zero-order valence-electron chi connectivity index (χ0n) is 12.2. The molecule has 0 aromatic carbocycles. The van der Waals surface area contributed by atoms with E-state index in [2.05, 4.69) is 0 Å². The molecule has 6 heteroatoms. The fourth-order valence-electron chi connectivity index (χ4n) is 3.97. The molecule has 2 N–H and O–H groups in total. The average Bonchev–Trinajstić information content (AvgIpc) is 3.27. The fraction of sp³-hybridized carbons (Fsp3) is 0.867. The Balaban J connectivity index is 1.85. The third-order valence-corrected chi connectivity index (χ3v) is 5.41. The summed E-state index contributed by atoms with van der Waals surface area (Å²) in [6, 6.07) is 0. The Bertz CT molecular complexity index is 441. The fourth-order valence-corrected chi connectivity index (χ4v) is 3.97. The summed E-state index contributed by atoms with van der Waals surface area (Å²) in [7, 11) is 0. The summed E-state index contributed by atoms with van der Waals surface area (Å²) in [5.41, 5.74) is -1.19. The number of epoxide rings is 2. The molecule has 1 aliphatic carbocycles. The standard InChI is InChI=1S/C15H22O6/c1-15(14(18)19)3-2-8(4-9-6-20-9)11(5-10-7-21-10)12(15)13(16)17/h8-12H,2-7H2,1H3,(H,16,17)(H,18,19). The van der Waals surface area contributed by atoms with Gasteiger partial charge in [-0.15, -0.1) is 0 Å². The first-order chi connectivity index (χ1) is 9.91. The molecular formula is C15H22O6. The number of hydrogen-bond acceptors (Lipinski definition) is 4. The SMILES string of the molecule is CC1(C(=O)O)CCC(CC2CO2)C(CC2CO2)C1C(=O)O. The van der Waals surface area contributed by atoms with E-state index >= 15 is 0 Å². The molecule has 0 radical (unpaired) electrons. The van der Waals surface area contributed by atoms with Crippen molar-refractivity contribution in [3.8, 4) is 0 Å². The topological polar surface area (TPSA) is 99.7 Å². The van der Waals surface area contributed by atoms with Gasteiger partial charge in [-0.05, 0) is 44.4 Å². The Morgan fingerprint density at radius 1 is 1.14 bits per heavy atom.